The molecule has 1 N–H and O–H groups in total. The molecule has 0 saturated heterocycles. The van der Waals surface area contributed by atoms with E-state index in [9.17, 15) is 8.42 Å². The van der Waals surface area contributed by atoms with Crippen molar-refractivity contribution in [2.45, 2.75) is 11.8 Å². The lowest BCUT2D eigenvalue weighted by atomic mass is 10.2. The molecule has 0 aliphatic heterocycles. The number of halogens is 2. The molecule has 0 radical (unpaired) electrons. The van der Waals surface area contributed by atoms with Gasteiger partial charge in [0.05, 0.1) is 12.8 Å². The lowest BCUT2D eigenvalue weighted by Gasteiger charge is -2.14. The second-order valence-corrected chi connectivity index (χ2v) is 7.25. The fourth-order valence-electron chi connectivity index (χ4n) is 1.77. The SMILES string of the molecule is COc1cc(Cl)c(C)cc1NS(=O)(=O)c1ccccc1Br. The Kier molecular flexibility index (Phi) is 4.81. The van der Waals surface area contributed by atoms with Gasteiger partial charge < -0.3 is 4.74 Å². The number of methoxy groups -OCH3 is 1. The molecule has 2 aromatic rings. The van der Waals surface area contributed by atoms with Gasteiger partial charge in [-0.05, 0) is 46.6 Å². The summed E-state index contributed by atoms with van der Waals surface area (Å²) in [5.74, 6) is 0.362. The summed E-state index contributed by atoms with van der Waals surface area (Å²) in [7, 11) is -2.27. The molecule has 0 atom stereocenters. The van der Waals surface area contributed by atoms with Crippen LogP contribution in [0, 0.1) is 6.92 Å². The Hall–Kier alpha value is -1.24. The number of hydrogen-bond donors (Lipinski definition) is 1. The molecule has 0 aliphatic carbocycles. The lowest BCUT2D eigenvalue weighted by Crippen LogP contribution is -2.14. The summed E-state index contributed by atoms with van der Waals surface area (Å²) in [6.07, 6.45) is 0. The molecule has 0 amide bonds. The topological polar surface area (TPSA) is 55.4 Å². The maximum Gasteiger partial charge on any atom is 0.263 e. The molecule has 7 heteroatoms. The highest BCUT2D eigenvalue weighted by Gasteiger charge is 2.19. The van der Waals surface area contributed by atoms with E-state index in [1.165, 1.54) is 13.2 Å². The molecule has 4 nitrogen and oxygen atoms in total. The largest absolute Gasteiger partial charge is 0.495 e. The van der Waals surface area contributed by atoms with E-state index in [1.807, 2.05) is 0 Å². The van der Waals surface area contributed by atoms with Gasteiger partial charge in [0.15, 0.2) is 0 Å². The number of rotatable bonds is 4. The first kappa shape index (κ1) is 16.1. The fourth-order valence-corrected chi connectivity index (χ4v) is 3.99. The summed E-state index contributed by atoms with van der Waals surface area (Å²) >= 11 is 9.25. The third kappa shape index (κ3) is 3.51. The third-order valence-corrected chi connectivity index (χ3v) is 5.64. The second-order valence-electron chi connectivity index (χ2n) is 4.34. The van der Waals surface area contributed by atoms with Gasteiger partial charge in [-0.15, -0.1) is 0 Å². The molecular formula is C14H13BrClNO3S. The van der Waals surface area contributed by atoms with Gasteiger partial charge in [-0.2, -0.15) is 0 Å². The maximum atomic E-state index is 12.5. The van der Waals surface area contributed by atoms with Crippen LogP contribution in [0.4, 0.5) is 5.69 Å². The van der Waals surface area contributed by atoms with Gasteiger partial charge in [-0.1, -0.05) is 23.7 Å². The summed E-state index contributed by atoms with van der Waals surface area (Å²) in [6.45, 7) is 1.79. The van der Waals surface area contributed by atoms with Crippen molar-refractivity contribution in [1.29, 1.82) is 0 Å². The van der Waals surface area contributed by atoms with Crippen molar-refractivity contribution >= 4 is 43.2 Å². The van der Waals surface area contributed by atoms with Crippen LogP contribution in [0.2, 0.25) is 5.02 Å². The molecule has 112 valence electrons. The Morgan fingerprint density at radius 2 is 1.90 bits per heavy atom. The van der Waals surface area contributed by atoms with E-state index in [0.29, 0.717) is 20.9 Å². The number of nitrogens with one attached hydrogen (secondary N) is 1. The quantitative estimate of drug-likeness (QED) is 0.850. The number of benzene rings is 2. The smallest absolute Gasteiger partial charge is 0.263 e. The Bertz CT molecular complexity index is 778. The predicted molar refractivity (Wildman–Crippen MR) is 87.7 cm³/mol. The Labute approximate surface area is 137 Å². The molecule has 0 aromatic heterocycles. The minimum Gasteiger partial charge on any atom is -0.495 e. The van der Waals surface area contributed by atoms with Crippen molar-refractivity contribution in [2.24, 2.45) is 0 Å². The number of hydrogen-bond acceptors (Lipinski definition) is 3. The first-order valence-corrected chi connectivity index (χ1v) is 8.62. The van der Waals surface area contributed by atoms with E-state index in [-0.39, 0.29) is 4.90 Å². The van der Waals surface area contributed by atoms with Crippen molar-refractivity contribution < 1.29 is 13.2 Å². The van der Waals surface area contributed by atoms with Crippen LogP contribution < -0.4 is 9.46 Å². The number of anilines is 1. The van der Waals surface area contributed by atoms with Gasteiger partial charge in [0.2, 0.25) is 0 Å². The average molecular weight is 391 g/mol. The standard InChI is InChI=1S/C14H13BrClNO3S/c1-9-7-12(13(20-2)8-11(9)16)17-21(18,19)14-6-4-3-5-10(14)15/h3-8,17H,1-2H3. The van der Waals surface area contributed by atoms with Gasteiger partial charge in [-0.25, -0.2) is 8.42 Å². The van der Waals surface area contributed by atoms with Crippen molar-refractivity contribution in [3.8, 4) is 5.75 Å². The van der Waals surface area contributed by atoms with Gasteiger partial charge >= 0.3 is 0 Å². The van der Waals surface area contributed by atoms with E-state index in [0.717, 1.165) is 5.56 Å². The van der Waals surface area contributed by atoms with Crippen LogP contribution >= 0.6 is 27.5 Å². The first-order valence-electron chi connectivity index (χ1n) is 5.96. The van der Waals surface area contributed by atoms with Crippen LogP contribution in [0.1, 0.15) is 5.56 Å². The summed E-state index contributed by atoms with van der Waals surface area (Å²) in [5, 5.41) is 0.510. The van der Waals surface area contributed by atoms with Crippen molar-refractivity contribution in [1.82, 2.24) is 0 Å². The zero-order chi connectivity index (χ0) is 15.6. The summed E-state index contributed by atoms with van der Waals surface area (Å²) < 4.78 is 33.1. The predicted octanol–water partition coefficient (Wildman–Crippen LogP) is 4.22. The highest BCUT2D eigenvalue weighted by molar-refractivity contribution is 9.10. The number of ether oxygens (including phenoxy) is 1. The van der Waals surface area contributed by atoms with Crippen molar-refractivity contribution in [2.75, 3.05) is 11.8 Å². The van der Waals surface area contributed by atoms with Gasteiger partial charge in [0.25, 0.3) is 10.0 Å². The Balaban J connectivity index is 2.47. The minimum absolute atomic E-state index is 0.152. The van der Waals surface area contributed by atoms with Crippen molar-refractivity contribution in [3.05, 3.63) is 51.5 Å². The van der Waals surface area contributed by atoms with Crippen LogP contribution in [0.15, 0.2) is 45.8 Å². The molecule has 21 heavy (non-hydrogen) atoms. The molecular weight excluding hydrogens is 378 g/mol. The molecule has 0 saturated carbocycles. The van der Waals surface area contributed by atoms with Crippen molar-refractivity contribution in [3.63, 3.8) is 0 Å². The maximum absolute atomic E-state index is 12.5. The van der Waals surface area contributed by atoms with Gasteiger partial charge in [-0.3, -0.25) is 4.72 Å². The zero-order valence-corrected chi connectivity index (χ0v) is 14.5. The van der Waals surface area contributed by atoms with Gasteiger partial charge in [0.1, 0.15) is 10.6 Å². The lowest BCUT2D eigenvalue weighted by molar-refractivity contribution is 0.417. The number of sulfonamides is 1. The van der Waals surface area contributed by atoms with E-state index in [2.05, 4.69) is 20.7 Å². The van der Waals surface area contributed by atoms with Crippen LogP contribution in [0.5, 0.6) is 5.75 Å². The van der Waals surface area contributed by atoms with E-state index >= 15 is 0 Å². The normalized spacial score (nSPS) is 11.2. The van der Waals surface area contributed by atoms with Crippen LogP contribution in [0.25, 0.3) is 0 Å². The molecule has 2 aromatic carbocycles. The van der Waals surface area contributed by atoms with E-state index < -0.39 is 10.0 Å². The molecule has 0 bridgehead atoms. The molecule has 0 fully saturated rings. The summed E-state index contributed by atoms with van der Waals surface area (Å²) in [6, 6.07) is 9.80. The Morgan fingerprint density at radius 1 is 1.24 bits per heavy atom. The number of aryl methyl sites for hydroxylation is 1. The average Bonchev–Trinajstić information content (AvgIpc) is 2.42. The third-order valence-electron chi connectivity index (χ3n) is 2.85. The highest BCUT2D eigenvalue weighted by Crippen LogP contribution is 2.33. The molecule has 0 aliphatic rings. The zero-order valence-electron chi connectivity index (χ0n) is 11.4. The Morgan fingerprint density at radius 3 is 2.52 bits per heavy atom. The van der Waals surface area contributed by atoms with Crippen LogP contribution in [-0.4, -0.2) is 15.5 Å². The van der Waals surface area contributed by atoms with Gasteiger partial charge in [0, 0.05) is 15.6 Å². The second kappa shape index (κ2) is 6.25. The minimum atomic E-state index is -3.73. The molecule has 0 unspecified atom stereocenters. The fraction of sp³-hybridized carbons (Fsp3) is 0.143. The van der Waals surface area contributed by atoms with Crippen LogP contribution in [-0.2, 0) is 10.0 Å². The van der Waals surface area contributed by atoms with Crippen LogP contribution in [0.3, 0.4) is 0 Å². The molecule has 0 heterocycles. The summed E-state index contributed by atoms with van der Waals surface area (Å²) in [5.41, 5.74) is 1.09. The first-order chi connectivity index (χ1) is 9.85. The highest BCUT2D eigenvalue weighted by atomic mass is 79.9. The monoisotopic (exact) mass is 389 g/mol. The van der Waals surface area contributed by atoms with E-state index in [4.69, 9.17) is 16.3 Å². The summed E-state index contributed by atoms with van der Waals surface area (Å²) in [4.78, 5) is 0.152. The molecule has 0 spiro atoms. The molecule has 2 rings (SSSR count). The van der Waals surface area contributed by atoms with E-state index in [1.54, 1.807) is 37.3 Å².